The van der Waals surface area contributed by atoms with Gasteiger partial charge in [0.15, 0.2) is 0 Å². The fraction of sp³-hybridized carbons (Fsp3) is 0.130. The summed E-state index contributed by atoms with van der Waals surface area (Å²) in [6.07, 6.45) is 2.86. The number of halogens is 2. The fourth-order valence-electron chi connectivity index (χ4n) is 3.31. The van der Waals surface area contributed by atoms with E-state index in [9.17, 15) is 9.59 Å². The van der Waals surface area contributed by atoms with E-state index in [0.717, 1.165) is 5.56 Å². The lowest BCUT2D eigenvalue weighted by Crippen LogP contribution is -2.16. The van der Waals surface area contributed by atoms with Crippen molar-refractivity contribution in [2.45, 2.75) is 13.5 Å². The second-order valence-corrected chi connectivity index (χ2v) is 8.03. The summed E-state index contributed by atoms with van der Waals surface area (Å²) < 4.78 is 5.15. The number of fused-ring (bicyclic) bond motifs is 1. The normalized spacial score (nSPS) is 10.9. The molecule has 0 spiro atoms. The highest BCUT2D eigenvalue weighted by Gasteiger charge is 2.19. The van der Waals surface area contributed by atoms with Gasteiger partial charge in [-0.1, -0.05) is 29.3 Å². The number of aromatic nitrogens is 3. The average Bonchev–Trinajstić information content (AvgIpc) is 3.19. The first-order valence-corrected chi connectivity index (χ1v) is 10.6. The molecule has 0 atom stereocenters. The van der Waals surface area contributed by atoms with Gasteiger partial charge in [0.05, 0.1) is 21.7 Å². The number of carbonyl (C=O) groups excluding carboxylic acids is 2. The lowest BCUT2D eigenvalue weighted by atomic mass is 10.1. The van der Waals surface area contributed by atoms with Crippen LogP contribution in [0, 0.1) is 6.92 Å². The molecular formula is C23H19Cl2N5O3. The molecule has 0 radical (unpaired) electrons. The number of hydrogen-bond donors (Lipinski definition) is 3. The van der Waals surface area contributed by atoms with Gasteiger partial charge in [0.1, 0.15) is 17.9 Å². The monoisotopic (exact) mass is 483 g/mol. The van der Waals surface area contributed by atoms with E-state index in [2.05, 4.69) is 25.6 Å². The quantitative estimate of drug-likeness (QED) is 0.348. The Morgan fingerprint density at radius 2 is 1.85 bits per heavy atom. The SMILES string of the molecule is COCc1nc2c(C(=O)Nc3cccc(Cl)c3C)cc(NC(=O)c3ccncc3Cl)cc2[nH]1. The molecule has 10 heteroatoms. The highest BCUT2D eigenvalue weighted by molar-refractivity contribution is 6.34. The zero-order chi connectivity index (χ0) is 23.5. The van der Waals surface area contributed by atoms with Gasteiger partial charge in [0, 0.05) is 35.9 Å². The molecule has 0 unspecified atom stereocenters. The van der Waals surface area contributed by atoms with E-state index in [1.807, 2.05) is 6.92 Å². The van der Waals surface area contributed by atoms with Gasteiger partial charge >= 0.3 is 0 Å². The molecule has 4 aromatic rings. The van der Waals surface area contributed by atoms with E-state index in [-0.39, 0.29) is 22.8 Å². The van der Waals surface area contributed by atoms with Gasteiger partial charge in [-0.2, -0.15) is 0 Å². The van der Waals surface area contributed by atoms with Crippen LogP contribution in [0.1, 0.15) is 32.1 Å². The van der Waals surface area contributed by atoms with Crippen molar-refractivity contribution in [1.82, 2.24) is 15.0 Å². The highest BCUT2D eigenvalue weighted by atomic mass is 35.5. The Balaban J connectivity index is 1.73. The van der Waals surface area contributed by atoms with Gasteiger partial charge in [0.2, 0.25) is 0 Å². The number of benzene rings is 2. The van der Waals surface area contributed by atoms with Crippen LogP contribution in [0.25, 0.3) is 11.0 Å². The number of rotatable bonds is 6. The van der Waals surface area contributed by atoms with Crippen LogP contribution in [0.3, 0.4) is 0 Å². The van der Waals surface area contributed by atoms with Crippen molar-refractivity contribution in [2.75, 3.05) is 17.7 Å². The number of carbonyl (C=O) groups is 2. The van der Waals surface area contributed by atoms with Crippen LogP contribution in [0.2, 0.25) is 10.0 Å². The third-order valence-electron chi connectivity index (χ3n) is 4.95. The Hall–Kier alpha value is -3.46. The van der Waals surface area contributed by atoms with Crippen LogP contribution in [-0.4, -0.2) is 33.9 Å². The number of amides is 2. The Morgan fingerprint density at radius 1 is 1.06 bits per heavy atom. The molecule has 2 aromatic carbocycles. The first kappa shape index (κ1) is 22.7. The Labute approximate surface area is 199 Å². The maximum atomic E-state index is 13.2. The Kier molecular flexibility index (Phi) is 6.60. The standard InChI is InChI=1S/C23H19Cl2N5O3/c1-12-16(24)4-3-5-18(12)29-23(32)15-8-13(9-19-21(15)30-20(28-19)11-33-2)27-22(31)14-6-7-26-10-17(14)25/h3-10H,11H2,1-2H3,(H,27,31)(H,28,30)(H,29,32). The van der Waals surface area contributed by atoms with Crippen LogP contribution < -0.4 is 10.6 Å². The number of H-pyrrole nitrogens is 1. The number of nitrogens with one attached hydrogen (secondary N) is 3. The molecule has 0 aliphatic rings. The minimum Gasteiger partial charge on any atom is -0.377 e. The topological polar surface area (TPSA) is 109 Å². The summed E-state index contributed by atoms with van der Waals surface area (Å²) >= 11 is 12.3. The predicted molar refractivity (Wildman–Crippen MR) is 128 cm³/mol. The van der Waals surface area contributed by atoms with Crippen molar-refractivity contribution in [1.29, 1.82) is 0 Å². The molecule has 2 heterocycles. The molecule has 8 nitrogen and oxygen atoms in total. The summed E-state index contributed by atoms with van der Waals surface area (Å²) in [6, 6.07) is 10.0. The summed E-state index contributed by atoms with van der Waals surface area (Å²) in [5, 5.41) is 6.41. The number of nitrogens with zero attached hydrogens (tertiary/aromatic N) is 2. The third-order valence-corrected chi connectivity index (χ3v) is 5.66. The maximum absolute atomic E-state index is 13.2. The molecule has 0 saturated carbocycles. The van der Waals surface area contributed by atoms with Gasteiger partial charge in [0.25, 0.3) is 11.8 Å². The number of methoxy groups -OCH3 is 1. The molecule has 0 saturated heterocycles. The molecule has 0 bridgehead atoms. The number of anilines is 2. The number of hydrogen-bond acceptors (Lipinski definition) is 5. The molecule has 33 heavy (non-hydrogen) atoms. The van der Waals surface area contributed by atoms with E-state index in [1.165, 1.54) is 18.5 Å². The maximum Gasteiger partial charge on any atom is 0.258 e. The zero-order valence-electron chi connectivity index (χ0n) is 17.7. The van der Waals surface area contributed by atoms with Crippen molar-refractivity contribution < 1.29 is 14.3 Å². The predicted octanol–water partition coefficient (Wildman–Crippen LogP) is 5.22. The number of pyridine rings is 1. The van der Waals surface area contributed by atoms with Crippen molar-refractivity contribution >= 4 is 57.4 Å². The van der Waals surface area contributed by atoms with E-state index in [4.69, 9.17) is 27.9 Å². The molecule has 0 aliphatic carbocycles. The summed E-state index contributed by atoms with van der Waals surface area (Å²) in [5.74, 6) is -0.296. The Bertz CT molecular complexity index is 1370. The second-order valence-electron chi connectivity index (χ2n) is 7.21. The van der Waals surface area contributed by atoms with Crippen LogP contribution in [-0.2, 0) is 11.3 Å². The largest absolute Gasteiger partial charge is 0.377 e. The van der Waals surface area contributed by atoms with E-state index in [1.54, 1.807) is 37.4 Å². The molecular weight excluding hydrogens is 465 g/mol. The van der Waals surface area contributed by atoms with Crippen molar-refractivity contribution in [3.05, 3.63) is 81.4 Å². The first-order chi connectivity index (χ1) is 15.9. The number of aromatic amines is 1. The van der Waals surface area contributed by atoms with Gasteiger partial charge in [-0.3, -0.25) is 14.6 Å². The van der Waals surface area contributed by atoms with Gasteiger partial charge < -0.3 is 20.4 Å². The van der Waals surface area contributed by atoms with E-state index >= 15 is 0 Å². The molecule has 3 N–H and O–H groups in total. The smallest absolute Gasteiger partial charge is 0.258 e. The molecule has 168 valence electrons. The first-order valence-electron chi connectivity index (χ1n) is 9.86. The summed E-state index contributed by atoms with van der Waals surface area (Å²) in [7, 11) is 1.55. The molecule has 2 amide bonds. The van der Waals surface area contributed by atoms with Crippen LogP contribution in [0.5, 0.6) is 0 Å². The minimum absolute atomic E-state index is 0.217. The van der Waals surface area contributed by atoms with Crippen molar-refractivity contribution in [2.24, 2.45) is 0 Å². The molecule has 0 fully saturated rings. The van der Waals surface area contributed by atoms with Crippen LogP contribution in [0.15, 0.2) is 48.8 Å². The lowest BCUT2D eigenvalue weighted by molar-refractivity contribution is 0.101. The van der Waals surface area contributed by atoms with Gasteiger partial charge in [-0.25, -0.2) is 4.98 Å². The van der Waals surface area contributed by atoms with Gasteiger partial charge in [-0.15, -0.1) is 0 Å². The average molecular weight is 484 g/mol. The van der Waals surface area contributed by atoms with E-state index < -0.39 is 11.8 Å². The van der Waals surface area contributed by atoms with Gasteiger partial charge in [-0.05, 0) is 42.8 Å². The number of ether oxygens (including phenoxy) is 1. The highest BCUT2D eigenvalue weighted by Crippen LogP contribution is 2.27. The third kappa shape index (κ3) is 4.83. The molecule has 0 aliphatic heterocycles. The Morgan fingerprint density at radius 3 is 2.61 bits per heavy atom. The summed E-state index contributed by atoms with van der Waals surface area (Å²) in [5.41, 5.74) is 3.24. The fourth-order valence-corrected chi connectivity index (χ4v) is 3.69. The second kappa shape index (κ2) is 9.58. The molecule has 2 aromatic heterocycles. The van der Waals surface area contributed by atoms with Crippen LogP contribution in [0.4, 0.5) is 11.4 Å². The zero-order valence-corrected chi connectivity index (χ0v) is 19.2. The number of imidazole rings is 1. The molecule has 4 rings (SSSR count). The van der Waals surface area contributed by atoms with Crippen LogP contribution >= 0.6 is 23.2 Å². The summed E-state index contributed by atoms with van der Waals surface area (Å²) in [6.45, 7) is 2.05. The van der Waals surface area contributed by atoms with E-state index in [0.29, 0.717) is 33.3 Å². The minimum atomic E-state index is -0.435. The van der Waals surface area contributed by atoms with Crippen molar-refractivity contribution in [3.63, 3.8) is 0 Å². The lowest BCUT2D eigenvalue weighted by Gasteiger charge is -2.12. The summed E-state index contributed by atoms with van der Waals surface area (Å²) in [4.78, 5) is 37.5. The van der Waals surface area contributed by atoms with Crippen molar-refractivity contribution in [3.8, 4) is 0 Å².